The minimum absolute atomic E-state index is 0.0621. The lowest BCUT2D eigenvalue weighted by Crippen LogP contribution is -2.61. The second-order valence-corrected chi connectivity index (χ2v) is 23.7. The van der Waals surface area contributed by atoms with E-state index in [0.29, 0.717) is 71.9 Å². The summed E-state index contributed by atoms with van der Waals surface area (Å²) in [5.74, 6) is 1.55. The smallest absolute Gasteiger partial charge is 0.243 e. The Hall–Kier alpha value is -6.49. The van der Waals surface area contributed by atoms with E-state index in [0.717, 1.165) is 27.8 Å². The summed E-state index contributed by atoms with van der Waals surface area (Å²) >= 11 is 0. The summed E-state index contributed by atoms with van der Waals surface area (Å²) in [6.07, 6.45) is 7.58. The van der Waals surface area contributed by atoms with Gasteiger partial charge in [0.05, 0.1) is 30.5 Å². The molecule has 430 valence electrons. The maximum Gasteiger partial charge on any atom is 0.243 e. The van der Waals surface area contributed by atoms with Gasteiger partial charge < -0.3 is 63.0 Å². The molecule has 11 atom stereocenters. The van der Waals surface area contributed by atoms with Crippen molar-refractivity contribution in [1.29, 1.82) is 0 Å². The molecule has 3 heterocycles. The number of aliphatic hydroxyl groups is 6. The van der Waals surface area contributed by atoms with E-state index in [1.54, 1.807) is 56.3 Å². The molecule has 3 aromatic carbocycles. The van der Waals surface area contributed by atoms with Gasteiger partial charge >= 0.3 is 0 Å². The van der Waals surface area contributed by atoms with E-state index in [-0.39, 0.29) is 81.5 Å². The number of aliphatic imine (C=N–C) groups is 1. The summed E-state index contributed by atoms with van der Waals surface area (Å²) in [7, 11) is 0. The minimum atomic E-state index is -2.23. The van der Waals surface area contributed by atoms with Gasteiger partial charge in [0.2, 0.25) is 5.91 Å². The summed E-state index contributed by atoms with van der Waals surface area (Å²) in [4.78, 5) is 33.9. The number of nitrogens with zero attached hydrogens (tertiary/aromatic N) is 1. The van der Waals surface area contributed by atoms with E-state index in [2.05, 4.69) is 34.0 Å². The third-order valence-electron chi connectivity index (χ3n) is 18.6. The first-order valence-corrected chi connectivity index (χ1v) is 28.3. The van der Waals surface area contributed by atoms with Crippen molar-refractivity contribution < 1.29 is 50.1 Å². The highest BCUT2D eigenvalue weighted by atomic mass is 16.5. The molecule has 0 radical (unpaired) electrons. The molecule has 16 nitrogen and oxygen atoms in total. The summed E-state index contributed by atoms with van der Waals surface area (Å²) in [5, 5.41) is 90.1. The number of nitrogens with two attached hydrogens (primary N) is 3. The van der Waals surface area contributed by atoms with E-state index in [9.17, 15) is 40.5 Å². The van der Waals surface area contributed by atoms with Gasteiger partial charge in [-0.3, -0.25) is 19.9 Å². The number of phenols is 1. The van der Waals surface area contributed by atoms with Crippen molar-refractivity contribution >= 4 is 17.6 Å². The van der Waals surface area contributed by atoms with E-state index in [1.807, 2.05) is 61.5 Å². The van der Waals surface area contributed by atoms with Gasteiger partial charge in [-0.15, -0.1) is 0 Å². The number of carbonyl (C=O) groups excluding carboxylic acids is 2. The molecule has 2 spiro atoms. The number of ketones is 1. The number of hydrogen-bond acceptors (Lipinski definition) is 13. The van der Waals surface area contributed by atoms with Gasteiger partial charge in [-0.25, -0.2) is 0 Å². The number of ether oxygens (including phenoxy) is 1. The van der Waals surface area contributed by atoms with E-state index in [1.165, 1.54) is 0 Å². The van der Waals surface area contributed by atoms with Gasteiger partial charge in [-0.2, -0.15) is 0 Å². The third kappa shape index (κ3) is 12.2. The average molecular weight is 1110 g/mol. The van der Waals surface area contributed by atoms with Crippen LogP contribution in [-0.2, 0) is 33.6 Å². The van der Waals surface area contributed by atoms with Crippen LogP contribution >= 0.6 is 0 Å². The van der Waals surface area contributed by atoms with E-state index < -0.39 is 76.4 Å². The van der Waals surface area contributed by atoms with Crippen LogP contribution in [0.2, 0.25) is 0 Å². The Balaban J connectivity index is 1.14. The first kappa shape index (κ1) is 59.1. The van der Waals surface area contributed by atoms with Crippen LogP contribution in [0, 0.1) is 34.5 Å². The zero-order valence-corrected chi connectivity index (χ0v) is 46.7. The zero-order valence-electron chi connectivity index (χ0n) is 46.7. The van der Waals surface area contributed by atoms with Gasteiger partial charge in [0.15, 0.2) is 17.5 Å². The Labute approximate surface area is 475 Å². The van der Waals surface area contributed by atoms with Crippen molar-refractivity contribution in [1.82, 2.24) is 10.6 Å². The monoisotopic (exact) mass is 1100 g/mol. The highest BCUT2D eigenvalue weighted by molar-refractivity contribution is 5.98. The van der Waals surface area contributed by atoms with E-state index in [4.69, 9.17) is 21.9 Å². The average Bonchev–Trinajstić information content (AvgIpc) is 3.96. The number of Topliss-reactive ketones (excluding diaryl/α,β-unsaturated/α-hetero) is 1. The number of aromatic hydroxyl groups is 1. The lowest BCUT2D eigenvalue weighted by molar-refractivity contribution is -0.174. The third-order valence-corrected chi connectivity index (χ3v) is 18.6. The normalized spacial score (nSPS) is 33.8. The fraction of sp³-hybridized carbons (Fsp3) is 0.462. The minimum Gasteiger partial charge on any atom is -0.508 e. The summed E-state index contributed by atoms with van der Waals surface area (Å²) in [5.41, 5.74) is 22.4. The number of guanidine groups is 1. The Bertz CT molecular complexity index is 3160. The van der Waals surface area contributed by atoms with Crippen LogP contribution in [0.5, 0.6) is 5.75 Å². The fourth-order valence-corrected chi connectivity index (χ4v) is 14.0. The van der Waals surface area contributed by atoms with Crippen molar-refractivity contribution in [3.05, 3.63) is 171 Å². The molecular formula is C65H80N6O10. The number of hydrogen-bond donors (Lipinski definition) is 12. The molecule has 0 aromatic heterocycles. The lowest BCUT2D eigenvalue weighted by Gasteiger charge is -2.57. The molecule has 4 bridgehead atoms. The molecule has 2 saturated carbocycles. The summed E-state index contributed by atoms with van der Waals surface area (Å²) in [6, 6.07) is 18.9. The molecule has 0 saturated heterocycles. The van der Waals surface area contributed by atoms with Gasteiger partial charge in [0, 0.05) is 54.7 Å². The summed E-state index contributed by atoms with van der Waals surface area (Å²) in [6.45, 7) is 9.69. The zero-order chi connectivity index (χ0) is 58.0. The van der Waals surface area contributed by atoms with Crippen LogP contribution in [0.3, 0.4) is 0 Å². The van der Waals surface area contributed by atoms with Crippen LogP contribution in [0.1, 0.15) is 124 Å². The van der Waals surface area contributed by atoms with Crippen LogP contribution < -0.4 is 27.8 Å². The standard InChI is InChI=1S/C65H80N6O10/c1-38-9-5-6-28-81-37-46-31-43(29-39(2)65(79,80)25-20-38)21-24-63(46)26-27-64(60(63)77)53-19-18-48(73)32-41-10-7-11-42(30-41)33-51(52(35-70-61(67)68)44-14-16-47(72)17-15-44)55(75)36-69-57-56-45(12-8-13-50(56)58(66)71-59(57)76)34-54(74)40(3)49(53)22-23-62(64,4)78/h7-8,10-17,20-21,24,29-31,48,51-53,55,57-58,60,69,72-73,75,77-80H,2,9,18-19,22-23,25-28,32-37,66H2,1,3-4H3,(H,71,76)(H4,67,68,70)/b38-20+,43-29+,49-40+/t48-,51+,52-,53-,55+,57+,58+,60-,62-,63-,64-/m1/s1. The first-order valence-electron chi connectivity index (χ1n) is 28.3. The van der Waals surface area contributed by atoms with Crippen molar-refractivity contribution in [3.63, 3.8) is 0 Å². The molecule has 3 aliphatic heterocycles. The maximum absolute atomic E-state index is 15.3. The number of nitrogens with one attached hydrogen (secondary N) is 2. The molecule has 15 N–H and O–H groups in total. The second-order valence-electron chi connectivity index (χ2n) is 23.7. The van der Waals surface area contributed by atoms with Crippen LogP contribution in [0.15, 0.2) is 142 Å². The molecule has 3 aliphatic carbocycles. The largest absolute Gasteiger partial charge is 0.508 e. The molecule has 3 aromatic rings. The molecule has 1 amide bonds. The Morgan fingerprint density at radius 1 is 0.938 bits per heavy atom. The van der Waals surface area contributed by atoms with Gasteiger partial charge in [0.25, 0.3) is 0 Å². The second kappa shape index (κ2) is 24.1. The van der Waals surface area contributed by atoms with Crippen molar-refractivity contribution in [3.8, 4) is 17.6 Å². The molecule has 81 heavy (non-hydrogen) atoms. The Kier molecular flexibility index (Phi) is 17.6. The number of fused-ring (bicyclic) bond motifs is 6. The number of aliphatic hydroxyl groups excluding tert-OH is 3. The van der Waals surface area contributed by atoms with Crippen molar-refractivity contribution in [2.24, 2.45) is 44.9 Å². The number of phenolic OH excluding ortho intramolecular Hbond substituents is 1. The molecular weight excluding hydrogens is 1020 g/mol. The van der Waals surface area contributed by atoms with Gasteiger partial charge in [-0.1, -0.05) is 108 Å². The lowest BCUT2D eigenvalue weighted by atomic mass is 9.51. The summed E-state index contributed by atoms with van der Waals surface area (Å²) < 4.78 is 6.26. The highest BCUT2D eigenvalue weighted by Gasteiger charge is 2.68. The first-order chi connectivity index (χ1) is 38.5. The number of carbonyl (C=O) groups is 2. The molecule has 0 unspecified atom stereocenters. The van der Waals surface area contributed by atoms with Crippen LogP contribution in [-0.4, -0.2) is 109 Å². The van der Waals surface area contributed by atoms with Crippen molar-refractivity contribution in [2.75, 3.05) is 26.3 Å². The Morgan fingerprint density at radius 3 is 2.43 bits per heavy atom. The van der Waals surface area contributed by atoms with Crippen molar-refractivity contribution in [2.45, 2.75) is 139 Å². The van der Waals surface area contributed by atoms with Gasteiger partial charge in [0.1, 0.15) is 24.6 Å². The Morgan fingerprint density at radius 2 is 1.68 bits per heavy atom. The quantitative estimate of drug-likeness (QED) is 0.0525. The molecule has 9 rings (SSSR count). The van der Waals surface area contributed by atoms with Gasteiger partial charge in [-0.05, 0) is 152 Å². The number of allylic oxidation sites excluding steroid dienone is 6. The molecule has 6 aliphatic rings. The molecule has 16 heteroatoms. The topological polar surface area (TPSA) is 299 Å². The predicted octanol–water partition coefficient (Wildman–Crippen LogP) is 5.22. The molecule has 2 fully saturated rings. The number of β-amino-alcohol motifs (C(OH)–C–C–N with tert-alkyl or cyclic N) is 1. The highest BCUT2D eigenvalue weighted by Crippen LogP contribution is 2.67. The van der Waals surface area contributed by atoms with Crippen LogP contribution in [0.4, 0.5) is 0 Å². The fourth-order valence-electron chi connectivity index (χ4n) is 14.0. The van der Waals surface area contributed by atoms with Crippen LogP contribution in [0.25, 0.3) is 0 Å². The number of amides is 1. The SMILES string of the molecule is C=C1/C=C2\C=C[C@@]3(CC[C@@]4([C@@H]5CC[C@@H](O)Cc6cccc(c6)C[C@@H]([C@H](CN=C(N)N)c6ccc(O)cc6)[C@@H](O)CN[C@@H]6C(=O)N[C@H](N)c7cccc(c76)CC(=O)/C(C)=C/5CC[C@@]4(C)O)[C@@H]3O)C(=C2)COCC#CC/C(C)=C/CC1(O)O. The number of rotatable bonds is 4. The maximum atomic E-state index is 15.3. The van der Waals surface area contributed by atoms with E-state index >= 15 is 4.79 Å². The number of benzene rings is 3. The predicted molar refractivity (Wildman–Crippen MR) is 310 cm³/mol.